The lowest BCUT2D eigenvalue weighted by Crippen LogP contribution is -1.98. The zero-order valence-corrected chi connectivity index (χ0v) is 26.7. The number of benzene rings is 7. The van der Waals surface area contributed by atoms with Crippen LogP contribution < -0.4 is 0 Å². The molecule has 0 radical (unpaired) electrons. The van der Waals surface area contributed by atoms with Crippen molar-refractivity contribution in [3.8, 4) is 51.8 Å². The first-order chi connectivity index (χ1) is 24.7. The fraction of sp³-hybridized carbons (Fsp3) is 0. The molecular weight excluding hydrogens is 611 g/mol. The molecule has 0 unspecified atom stereocenters. The Labute approximate surface area is 287 Å². The van der Waals surface area contributed by atoms with Gasteiger partial charge in [-0.1, -0.05) is 78.9 Å². The summed E-state index contributed by atoms with van der Waals surface area (Å²) in [6, 6.07) is 57.9. The zero-order chi connectivity index (χ0) is 33.8. The number of nitriles is 3. The molecule has 0 saturated carbocycles. The minimum Gasteiger partial charge on any atom is -0.309 e. The Hall–Kier alpha value is -7.39. The number of nitrogens with zero attached hydrogens (tertiary/aromatic N) is 5. The van der Waals surface area contributed by atoms with Crippen molar-refractivity contribution < 1.29 is 0 Å². The molecule has 2 heterocycles. The highest BCUT2D eigenvalue weighted by Gasteiger charge is 2.19. The van der Waals surface area contributed by atoms with E-state index in [1.165, 1.54) is 10.8 Å². The van der Waals surface area contributed by atoms with E-state index in [0.29, 0.717) is 16.7 Å². The van der Waals surface area contributed by atoms with Crippen LogP contribution in [0.25, 0.3) is 77.2 Å². The number of hydrogen-bond acceptors (Lipinski definition) is 3. The fourth-order valence-corrected chi connectivity index (χ4v) is 7.47. The summed E-state index contributed by atoms with van der Waals surface area (Å²) in [6.45, 7) is 0. The summed E-state index contributed by atoms with van der Waals surface area (Å²) < 4.78 is 4.46. The van der Waals surface area contributed by atoms with E-state index in [9.17, 15) is 15.8 Å². The third-order valence-electron chi connectivity index (χ3n) is 9.63. The Morgan fingerprint density at radius 1 is 0.400 bits per heavy atom. The van der Waals surface area contributed by atoms with Crippen molar-refractivity contribution in [3.05, 3.63) is 168 Å². The summed E-state index contributed by atoms with van der Waals surface area (Å²) in [4.78, 5) is 0. The summed E-state index contributed by atoms with van der Waals surface area (Å²) in [5.41, 5.74) is 11.4. The van der Waals surface area contributed by atoms with Crippen molar-refractivity contribution in [2.24, 2.45) is 0 Å². The lowest BCUT2D eigenvalue weighted by Gasteiger charge is -2.16. The molecule has 2 aromatic heterocycles. The van der Waals surface area contributed by atoms with Crippen LogP contribution in [-0.4, -0.2) is 9.13 Å². The van der Waals surface area contributed by atoms with Crippen LogP contribution in [0.1, 0.15) is 16.7 Å². The molecule has 230 valence electrons. The predicted octanol–water partition coefficient (Wildman–Crippen LogP) is 10.8. The normalized spacial score (nSPS) is 11.1. The van der Waals surface area contributed by atoms with Gasteiger partial charge in [0.15, 0.2) is 0 Å². The van der Waals surface area contributed by atoms with Crippen molar-refractivity contribution in [1.82, 2.24) is 9.13 Å². The van der Waals surface area contributed by atoms with Gasteiger partial charge in [0.25, 0.3) is 0 Å². The molecule has 50 heavy (non-hydrogen) atoms. The molecular formula is C45H25N5. The van der Waals surface area contributed by atoms with Gasteiger partial charge >= 0.3 is 0 Å². The quantitative estimate of drug-likeness (QED) is 0.193. The van der Waals surface area contributed by atoms with Crippen LogP contribution >= 0.6 is 0 Å². The fourth-order valence-electron chi connectivity index (χ4n) is 7.47. The summed E-state index contributed by atoms with van der Waals surface area (Å²) in [5.74, 6) is 0. The molecule has 0 N–H and O–H groups in total. The maximum atomic E-state index is 10.3. The number of aromatic nitrogens is 2. The first-order valence-corrected chi connectivity index (χ1v) is 16.3. The Morgan fingerprint density at radius 3 is 1.82 bits per heavy atom. The van der Waals surface area contributed by atoms with Crippen molar-refractivity contribution in [1.29, 1.82) is 15.8 Å². The smallest absolute Gasteiger partial charge is 0.0998 e. The van der Waals surface area contributed by atoms with Gasteiger partial charge in [0.05, 0.1) is 62.7 Å². The molecule has 0 amide bonds. The highest BCUT2D eigenvalue weighted by molar-refractivity contribution is 6.12. The van der Waals surface area contributed by atoms with Crippen molar-refractivity contribution in [2.45, 2.75) is 0 Å². The average Bonchev–Trinajstić information content (AvgIpc) is 3.70. The van der Waals surface area contributed by atoms with Crippen LogP contribution in [0.2, 0.25) is 0 Å². The molecule has 0 bridgehead atoms. The molecule has 0 aliphatic heterocycles. The second-order valence-corrected chi connectivity index (χ2v) is 12.3. The molecule has 0 aliphatic carbocycles. The monoisotopic (exact) mass is 635 g/mol. The van der Waals surface area contributed by atoms with Gasteiger partial charge in [-0.05, 0) is 83.9 Å². The van der Waals surface area contributed by atoms with Gasteiger partial charge in [-0.3, -0.25) is 0 Å². The Bertz CT molecular complexity index is 2920. The third-order valence-corrected chi connectivity index (χ3v) is 9.63. The van der Waals surface area contributed by atoms with E-state index in [0.717, 1.165) is 66.5 Å². The highest BCUT2D eigenvalue weighted by atomic mass is 15.0. The lowest BCUT2D eigenvalue weighted by molar-refractivity contribution is 1.18. The van der Waals surface area contributed by atoms with Crippen molar-refractivity contribution in [3.63, 3.8) is 0 Å². The first kappa shape index (κ1) is 28.8. The van der Waals surface area contributed by atoms with Crippen LogP contribution in [0.3, 0.4) is 0 Å². The van der Waals surface area contributed by atoms with Gasteiger partial charge in [-0.25, -0.2) is 0 Å². The Balaban J connectivity index is 1.24. The summed E-state index contributed by atoms with van der Waals surface area (Å²) in [5, 5.41) is 34.0. The lowest BCUT2D eigenvalue weighted by atomic mass is 9.94. The SMILES string of the molecule is N#Cc1ccc2c(c1)c1c(C#N)cccc1n2-c1cccc(-c2cc(-c3ccccc3-n3c4ccccc4c4ccccc43)ccc2C#N)c1. The zero-order valence-electron chi connectivity index (χ0n) is 26.7. The second kappa shape index (κ2) is 11.4. The number of rotatable bonds is 4. The van der Waals surface area contributed by atoms with E-state index in [4.69, 9.17) is 0 Å². The van der Waals surface area contributed by atoms with Crippen LogP contribution in [0, 0.1) is 34.0 Å². The van der Waals surface area contributed by atoms with Gasteiger partial charge in [0.2, 0.25) is 0 Å². The number of fused-ring (bicyclic) bond motifs is 6. The van der Waals surface area contributed by atoms with E-state index < -0.39 is 0 Å². The highest BCUT2D eigenvalue weighted by Crippen LogP contribution is 2.39. The van der Waals surface area contributed by atoms with Gasteiger partial charge in [-0.15, -0.1) is 0 Å². The molecule has 0 aliphatic rings. The molecule has 5 heteroatoms. The summed E-state index contributed by atoms with van der Waals surface area (Å²) in [7, 11) is 0. The summed E-state index contributed by atoms with van der Waals surface area (Å²) >= 11 is 0. The van der Waals surface area contributed by atoms with Crippen LogP contribution in [-0.2, 0) is 0 Å². The van der Waals surface area contributed by atoms with E-state index in [2.05, 4.69) is 112 Å². The van der Waals surface area contributed by atoms with Gasteiger partial charge in [-0.2, -0.15) is 15.8 Å². The maximum absolute atomic E-state index is 10.3. The standard InChI is InChI=1S/C45H25N5/c46-26-29-19-22-43-39(23-29)45-33(28-48)10-8-18-44(45)49(43)34-11-7-9-30(24-34)38-25-31(20-21-32(38)27-47)35-12-1-4-15-40(35)50-41-16-5-2-13-36(41)37-14-3-6-17-42(37)50/h1-25H. The van der Waals surface area contributed by atoms with Gasteiger partial charge < -0.3 is 9.13 Å². The molecule has 7 aromatic carbocycles. The Kier molecular flexibility index (Phi) is 6.56. The second-order valence-electron chi connectivity index (χ2n) is 12.3. The topological polar surface area (TPSA) is 81.2 Å². The third kappa shape index (κ3) is 4.31. The van der Waals surface area contributed by atoms with Crippen LogP contribution in [0.4, 0.5) is 0 Å². The Morgan fingerprint density at radius 2 is 1.06 bits per heavy atom. The van der Waals surface area contributed by atoms with E-state index >= 15 is 0 Å². The van der Waals surface area contributed by atoms with E-state index in [1.807, 2.05) is 60.7 Å². The molecule has 0 spiro atoms. The van der Waals surface area contributed by atoms with Crippen LogP contribution in [0.15, 0.2) is 152 Å². The first-order valence-electron chi connectivity index (χ1n) is 16.3. The van der Waals surface area contributed by atoms with Gasteiger partial charge in [0, 0.05) is 38.4 Å². The maximum Gasteiger partial charge on any atom is 0.0998 e. The van der Waals surface area contributed by atoms with E-state index in [1.54, 1.807) is 6.07 Å². The molecule has 0 saturated heterocycles. The number of hydrogen-bond donors (Lipinski definition) is 0. The largest absolute Gasteiger partial charge is 0.309 e. The minimum absolute atomic E-state index is 0.537. The van der Waals surface area contributed by atoms with Crippen molar-refractivity contribution in [2.75, 3.05) is 0 Å². The predicted molar refractivity (Wildman–Crippen MR) is 200 cm³/mol. The summed E-state index contributed by atoms with van der Waals surface area (Å²) in [6.07, 6.45) is 0. The van der Waals surface area contributed by atoms with Gasteiger partial charge in [0.1, 0.15) is 0 Å². The average molecular weight is 636 g/mol. The van der Waals surface area contributed by atoms with Crippen molar-refractivity contribution >= 4 is 43.6 Å². The minimum atomic E-state index is 0.537. The van der Waals surface area contributed by atoms with Crippen LogP contribution in [0.5, 0.6) is 0 Å². The molecule has 0 fully saturated rings. The molecule has 5 nitrogen and oxygen atoms in total. The molecule has 0 atom stereocenters. The van der Waals surface area contributed by atoms with E-state index in [-0.39, 0.29) is 0 Å². The molecule has 9 aromatic rings. The number of para-hydroxylation sites is 3. The molecule has 9 rings (SSSR count).